The molecule has 3 atom stereocenters. The van der Waals surface area contributed by atoms with Crippen molar-refractivity contribution in [2.45, 2.75) is 63.2 Å². The molecule has 0 bridgehead atoms. The monoisotopic (exact) mass is 537 g/mol. The van der Waals surface area contributed by atoms with E-state index in [1.807, 2.05) is 54.6 Å². The Kier molecular flexibility index (Phi) is 8.78. The van der Waals surface area contributed by atoms with Crippen molar-refractivity contribution in [3.63, 3.8) is 0 Å². The Balaban J connectivity index is 1.25. The van der Waals surface area contributed by atoms with E-state index in [9.17, 15) is 14.7 Å². The van der Waals surface area contributed by atoms with Crippen molar-refractivity contribution in [3.05, 3.63) is 107 Å². The number of aryl methyl sites for hydroxylation is 1. The van der Waals surface area contributed by atoms with E-state index in [4.69, 9.17) is 5.73 Å². The summed E-state index contributed by atoms with van der Waals surface area (Å²) in [5.41, 5.74) is 11.3. The number of rotatable bonds is 11. The van der Waals surface area contributed by atoms with E-state index in [2.05, 4.69) is 26.7 Å². The number of benzene rings is 2. The molecule has 2 heterocycles. The van der Waals surface area contributed by atoms with Crippen LogP contribution in [0.15, 0.2) is 79.1 Å². The molecule has 1 aliphatic carbocycles. The van der Waals surface area contributed by atoms with Gasteiger partial charge in [0.05, 0.1) is 5.69 Å². The summed E-state index contributed by atoms with van der Waals surface area (Å²) < 4.78 is 0. The zero-order valence-electron chi connectivity index (χ0n) is 22.4. The van der Waals surface area contributed by atoms with Crippen LogP contribution < -0.4 is 16.4 Å². The number of carboxylic acids is 1. The maximum absolute atomic E-state index is 13.4. The van der Waals surface area contributed by atoms with Gasteiger partial charge in [-0.1, -0.05) is 42.5 Å². The fraction of sp³-hybridized carbons (Fsp3) is 0.312. The van der Waals surface area contributed by atoms with Gasteiger partial charge in [0.25, 0.3) is 5.91 Å². The number of pyridine rings is 2. The van der Waals surface area contributed by atoms with Gasteiger partial charge in [-0.15, -0.1) is 0 Å². The summed E-state index contributed by atoms with van der Waals surface area (Å²) in [6.07, 6.45) is 7.24. The standard InChI is InChI=1S/C32H35N5O3/c33-28(27-12-5-7-21-8-6-18-36-30(21)27)15-16-29(32(39)40)37-31(38)26-14-13-22(24-10-1-2-11-25(24)26)19-34-20-23-9-3-4-17-35-23/h1-4,6,8-11,13-14,17-18,27-29,34H,5,7,12,15-16,19-20,33H2,(H,37,38)(H,39,40)/t27-,28?,29-/m0/s1. The molecule has 40 heavy (non-hydrogen) atoms. The van der Waals surface area contributed by atoms with E-state index in [1.165, 1.54) is 5.56 Å². The molecular formula is C32H35N5O3. The minimum atomic E-state index is -1.07. The summed E-state index contributed by atoms with van der Waals surface area (Å²) in [4.78, 5) is 34.4. The lowest BCUT2D eigenvalue weighted by Gasteiger charge is -2.29. The third-order valence-corrected chi connectivity index (χ3v) is 7.75. The molecule has 2 aromatic carbocycles. The van der Waals surface area contributed by atoms with Crippen LogP contribution in [0.4, 0.5) is 0 Å². The van der Waals surface area contributed by atoms with Crippen molar-refractivity contribution in [1.29, 1.82) is 0 Å². The molecule has 0 saturated heterocycles. The van der Waals surface area contributed by atoms with Crippen molar-refractivity contribution in [2.24, 2.45) is 5.73 Å². The molecular weight excluding hydrogens is 502 g/mol. The van der Waals surface area contributed by atoms with Crippen molar-refractivity contribution in [3.8, 4) is 0 Å². The third kappa shape index (κ3) is 6.35. The summed E-state index contributed by atoms with van der Waals surface area (Å²) in [6, 6.07) is 20.0. The van der Waals surface area contributed by atoms with Crippen molar-refractivity contribution >= 4 is 22.6 Å². The van der Waals surface area contributed by atoms with Crippen molar-refractivity contribution in [1.82, 2.24) is 20.6 Å². The molecule has 8 heteroatoms. The second-order valence-corrected chi connectivity index (χ2v) is 10.4. The van der Waals surface area contributed by atoms with Gasteiger partial charge in [0.15, 0.2) is 0 Å². The summed E-state index contributed by atoms with van der Waals surface area (Å²) in [5.74, 6) is -1.38. The average Bonchev–Trinajstić information content (AvgIpc) is 2.99. The number of carbonyl (C=O) groups is 2. The van der Waals surface area contributed by atoms with E-state index in [0.717, 1.165) is 47.0 Å². The number of nitrogens with zero attached hydrogens (tertiary/aromatic N) is 2. The second-order valence-electron chi connectivity index (χ2n) is 10.4. The van der Waals surface area contributed by atoms with E-state index < -0.39 is 17.9 Å². The number of hydrogen-bond acceptors (Lipinski definition) is 6. The third-order valence-electron chi connectivity index (χ3n) is 7.75. The van der Waals surface area contributed by atoms with E-state index in [1.54, 1.807) is 18.5 Å². The highest BCUT2D eigenvalue weighted by Gasteiger charge is 2.29. The lowest BCUT2D eigenvalue weighted by molar-refractivity contribution is -0.139. The van der Waals surface area contributed by atoms with Gasteiger partial charge in [0, 0.05) is 48.7 Å². The van der Waals surface area contributed by atoms with Crippen LogP contribution in [0.3, 0.4) is 0 Å². The van der Waals surface area contributed by atoms with Crippen LogP contribution in [0.2, 0.25) is 0 Å². The Morgan fingerprint density at radius 2 is 1.73 bits per heavy atom. The first-order valence-electron chi connectivity index (χ1n) is 13.9. The Morgan fingerprint density at radius 3 is 2.52 bits per heavy atom. The smallest absolute Gasteiger partial charge is 0.326 e. The molecule has 2 aromatic heterocycles. The number of amides is 1. The van der Waals surface area contributed by atoms with Gasteiger partial charge in [-0.2, -0.15) is 0 Å². The van der Waals surface area contributed by atoms with Crippen molar-refractivity contribution < 1.29 is 14.7 Å². The number of nitrogens with one attached hydrogen (secondary N) is 2. The van der Waals surface area contributed by atoms with Gasteiger partial charge >= 0.3 is 5.97 Å². The number of aliphatic carboxylic acids is 1. The van der Waals surface area contributed by atoms with Crippen molar-refractivity contribution in [2.75, 3.05) is 0 Å². The van der Waals surface area contributed by atoms with Crippen LogP contribution in [-0.2, 0) is 24.3 Å². The van der Waals surface area contributed by atoms with Crippen LogP contribution >= 0.6 is 0 Å². The fourth-order valence-electron chi connectivity index (χ4n) is 5.66. The lowest BCUT2D eigenvalue weighted by atomic mass is 9.80. The van der Waals surface area contributed by atoms with Crippen LogP contribution in [0.1, 0.15) is 64.5 Å². The van der Waals surface area contributed by atoms with Gasteiger partial charge in [-0.25, -0.2) is 4.79 Å². The molecule has 1 unspecified atom stereocenters. The first-order valence-corrected chi connectivity index (χ1v) is 13.9. The lowest BCUT2D eigenvalue weighted by Crippen LogP contribution is -2.42. The number of carboxylic acid groups (broad SMARTS) is 1. The Morgan fingerprint density at radius 1 is 0.925 bits per heavy atom. The van der Waals surface area contributed by atoms with E-state index >= 15 is 0 Å². The van der Waals surface area contributed by atoms with Gasteiger partial charge in [-0.3, -0.25) is 14.8 Å². The Hall–Kier alpha value is -4.14. The minimum absolute atomic E-state index is 0.0952. The molecule has 0 spiro atoms. The van der Waals surface area contributed by atoms with Gasteiger partial charge in [-0.05, 0) is 78.3 Å². The molecule has 4 aromatic rings. The van der Waals surface area contributed by atoms with E-state index in [-0.39, 0.29) is 18.4 Å². The zero-order chi connectivity index (χ0) is 27.9. The van der Waals surface area contributed by atoms with Crippen LogP contribution in [0, 0.1) is 0 Å². The molecule has 0 fully saturated rings. The fourth-order valence-corrected chi connectivity index (χ4v) is 5.66. The van der Waals surface area contributed by atoms with Gasteiger partial charge in [0.1, 0.15) is 6.04 Å². The van der Waals surface area contributed by atoms with Gasteiger partial charge < -0.3 is 21.5 Å². The quantitative estimate of drug-likeness (QED) is 0.224. The number of fused-ring (bicyclic) bond motifs is 2. The number of carbonyl (C=O) groups excluding carboxylic acids is 1. The predicted molar refractivity (Wildman–Crippen MR) is 155 cm³/mol. The maximum Gasteiger partial charge on any atom is 0.326 e. The number of aromatic nitrogens is 2. The largest absolute Gasteiger partial charge is 0.480 e. The SMILES string of the molecule is NC(CC[C@H](NC(=O)c1ccc(CNCc2ccccn2)c2ccccc12)C(=O)O)[C@@H]1CCCc2cccnc21. The van der Waals surface area contributed by atoms with Crippen LogP contribution in [-0.4, -0.2) is 39.0 Å². The molecule has 0 saturated carbocycles. The normalized spacial score (nSPS) is 16.2. The molecule has 206 valence electrons. The molecule has 5 N–H and O–H groups in total. The minimum Gasteiger partial charge on any atom is -0.480 e. The number of nitrogens with two attached hydrogens (primary N) is 1. The van der Waals surface area contributed by atoms with Crippen LogP contribution in [0.25, 0.3) is 10.8 Å². The number of hydrogen-bond donors (Lipinski definition) is 4. The van der Waals surface area contributed by atoms with Gasteiger partial charge in [0.2, 0.25) is 0 Å². The molecule has 1 amide bonds. The first kappa shape index (κ1) is 27.4. The second kappa shape index (κ2) is 12.8. The van der Waals surface area contributed by atoms with Crippen LogP contribution in [0.5, 0.6) is 0 Å². The molecule has 0 radical (unpaired) electrons. The summed E-state index contributed by atoms with van der Waals surface area (Å²) in [6.45, 7) is 1.23. The molecule has 0 aliphatic heterocycles. The highest BCUT2D eigenvalue weighted by molar-refractivity contribution is 6.08. The highest BCUT2D eigenvalue weighted by atomic mass is 16.4. The maximum atomic E-state index is 13.4. The summed E-state index contributed by atoms with van der Waals surface area (Å²) in [7, 11) is 0. The zero-order valence-corrected chi connectivity index (χ0v) is 22.4. The topological polar surface area (TPSA) is 130 Å². The molecule has 8 nitrogen and oxygen atoms in total. The Labute approximate surface area is 234 Å². The van der Waals surface area contributed by atoms with E-state index in [0.29, 0.717) is 25.1 Å². The predicted octanol–water partition coefficient (Wildman–Crippen LogP) is 4.33. The summed E-state index contributed by atoms with van der Waals surface area (Å²) >= 11 is 0. The first-order chi connectivity index (χ1) is 19.5. The Bertz CT molecular complexity index is 1480. The molecule has 1 aliphatic rings. The summed E-state index contributed by atoms with van der Waals surface area (Å²) in [5, 5.41) is 17.8. The highest BCUT2D eigenvalue weighted by Crippen LogP contribution is 2.33. The average molecular weight is 538 g/mol. The molecule has 5 rings (SSSR count).